The minimum absolute atomic E-state index is 0.00457. The van der Waals surface area contributed by atoms with Gasteiger partial charge in [0, 0.05) is 18.0 Å². The van der Waals surface area contributed by atoms with Crippen LogP contribution in [0.1, 0.15) is 42.3 Å². The van der Waals surface area contributed by atoms with Crippen molar-refractivity contribution in [2.45, 2.75) is 37.3 Å². The van der Waals surface area contributed by atoms with Crippen molar-refractivity contribution < 1.29 is 14.7 Å². The highest BCUT2D eigenvalue weighted by atomic mass is 16.3. The number of hydrogen-bond donors (Lipinski definition) is 1. The minimum atomic E-state index is -0.310. The number of carbonyl (C=O) groups is 2. The van der Waals surface area contributed by atoms with Gasteiger partial charge in [0.05, 0.1) is 17.5 Å². The molecule has 0 radical (unpaired) electrons. The molecule has 7 rings (SSSR count). The number of amides is 2. The highest BCUT2D eigenvalue weighted by Crippen LogP contribution is 2.61. The SMILES string of the molecule is O=C1C2C(C(=O)N1c1ccc(O)cc1)C1c3ccccc3C2C2CCCCN21. The van der Waals surface area contributed by atoms with Crippen molar-refractivity contribution in [3.8, 4) is 5.75 Å². The molecule has 2 amide bonds. The van der Waals surface area contributed by atoms with Crippen LogP contribution in [-0.2, 0) is 9.59 Å². The van der Waals surface area contributed by atoms with E-state index >= 15 is 0 Å². The molecule has 5 unspecified atom stereocenters. The normalized spacial score (nSPS) is 33.6. The topological polar surface area (TPSA) is 60.9 Å². The van der Waals surface area contributed by atoms with Crippen molar-refractivity contribution in [1.82, 2.24) is 4.90 Å². The zero-order chi connectivity index (χ0) is 19.0. The number of nitrogens with zero attached hydrogens (tertiary/aromatic N) is 2. The van der Waals surface area contributed by atoms with Gasteiger partial charge in [-0.2, -0.15) is 0 Å². The fourth-order valence-electron chi connectivity index (χ4n) is 6.29. The summed E-state index contributed by atoms with van der Waals surface area (Å²) in [7, 11) is 0. The number of hydrogen-bond acceptors (Lipinski definition) is 4. The van der Waals surface area contributed by atoms with E-state index in [0.29, 0.717) is 11.7 Å². The fourth-order valence-corrected chi connectivity index (χ4v) is 6.29. The fraction of sp³-hybridized carbons (Fsp3) is 0.391. The molecule has 5 nitrogen and oxygen atoms in total. The highest BCUT2D eigenvalue weighted by Gasteiger charge is 2.65. The van der Waals surface area contributed by atoms with Crippen molar-refractivity contribution in [3.05, 3.63) is 59.7 Å². The van der Waals surface area contributed by atoms with E-state index in [1.165, 1.54) is 34.6 Å². The van der Waals surface area contributed by atoms with Crippen LogP contribution in [0.15, 0.2) is 48.5 Å². The Kier molecular flexibility index (Phi) is 3.30. The minimum Gasteiger partial charge on any atom is -0.508 e. The number of rotatable bonds is 1. The first kappa shape index (κ1) is 16.3. The van der Waals surface area contributed by atoms with Gasteiger partial charge in [-0.25, -0.2) is 4.90 Å². The standard InChI is InChI=1S/C23H22N2O3/c26-14-10-8-13(9-11-14)25-22(27)19-18-15-5-1-2-6-16(15)21(20(19)23(25)28)24-12-4-3-7-17(18)24/h1-2,5-6,8-11,17-21,26H,3-4,7,12H2. The summed E-state index contributed by atoms with van der Waals surface area (Å²) in [5.41, 5.74) is 3.06. The molecule has 2 aromatic carbocycles. The number of imide groups is 1. The van der Waals surface area contributed by atoms with Crippen LogP contribution in [0, 0.1) is 11.8 Å². The number of benzene rings is 2. The molecule has 0 spiro atoms. The molecule has 1 aliphatic carbocycles. The van der Waals surface area contributed by atoms with Gasteiger partial charge in [-0.15, -0.1) is 0 Å². The first-order chi connectivity index (χ1) is 13.7. The summed E-state index contributed by atoms with van der Waals surface area (Å²) >= 11 is 0. The summed E-state index contributed by atoms with van der Waals surface area (Å²) in [6.07, 6.45) is 3.44. The Hall–Kier alpha value is -2.66. The molecular formula is C23H22N2O3. The van der Waals surface area contributed by atoms with Crippen LogP contribution in [0.4, 0.5) is 5.69 Å². The summed E-state index contributed by atoms with van der Waals surface area (Å²) < 4.78 is 0. The Labute approximate surface area is 163 Å². The summed E-state index contributed by atoms with van der Waals surface area (Å²) in [6.45, 7) is 1.00. The van der Waals surface area contributed by atoms with Gasteiger partial charge in [0.25, 0.3) is 0 Å². The maximum atomic E-state index is 13.5. The average molecular weight is 374 g/mol. The molecule has 1 N–H and O–H groups in total. The molecule has 3 fully saturated rings. The quantitative estimate of drug-likeness (QED) is 0.779. The molecule has 0 aromatic heterocycles. The molecule has 5 heteroatoms. The predicted octanol–water partition coefficient (Wildman–Crippen LogP) is 3.20. The molecular weight excluding hydrogens is 352 g/mol. The molecule has 142 valence electrons. The lowest BCUT2D eigenvalue weighted by Gasteiger charge is -2.57. The summed E-state index contributed by atoms with van der Waals surface area (Å²) in [5.74, 6) is -0.532. The Morgan fingerprint density at radius 3 is 2.32 bits per heavy atom. The lowest BCUT2D eigenvalue weighted by atomic mass is 9.59. The molecule has 3 saturated heterocycles. The van der Waals surface area contributed by atoms with Gasteiger partial charge in [-0.3, -0.25) is 14.5 Å². The Morgan fingerprint density at radius 2 is 1.54 bits per heavy atom. The van der Waals surface area contributed by atoms with Crippen LogP contribution >= 0.6 is 0 Å². The molecule has 0 saturated carbocycles. The Bertz CT molecular complexity index is 929. The summed E-state index contributed by atoms with van der Waals surface area (Å²) in [5, 5.41) is 9.60. The lowest BCUT2D eigenvalue weighted by molar-refractivity contribution is -0.133. The molecule has 2 bridgehead atoms. The van der Waals surface area contributed by atoms with Gasteiger partial charge >= 0.3 is 0 Å². The molecule has 28 heavy (non-hydrogen) atoms. The van der Waals surface area contributed by atoms with E-state index in [4.69, 9.17) is 0 Å². The summed E-state index contributed by atoms with van der Waals surface area (Å²) in [6, 6.07) is 15.1. The van der Waals surface area contributed by atoms with Crippen LogP contribution in [0.2, 0.25) is 0 Å². The van der Waals surface area contributed by atoms with Crippen molar-refractivity contribution in [3.63, 3.8) is 0 Å². The Morgan fingerprint density at radius 1 is 0.821 bits per heavy atom. The van der Waals surface area contributed by atoms with E-state index in [9.17, 15) is 14.7 Å². The van der Waals surface area contributed by atoms with Gasteiger partial charge in [-0.1, -0.05) is 30.7 Å². The third-order valence-corrected chi connectivity index (χ3v) is 7.27. The third kappa shape index (κ3) is 1.95. The molecule has 5 aliphatic rings. The van der Waals surface area contributed by atoms with Crippen molar-refractivity contribution in [2.75, 3.05) is 11.4 Å². The number of piperidine rings is 2. The van der Waals surface area contributed by atoms with Gasteiger partial charge < -0.3 is 5.11 Å². The monoisotopic (exact) mass is 374 g/mol. The van der Waals surface area contributed by atoms with Crippen molar-refractivity contribution in [2.24, 2.45) is 11.8 Å². The van der Waals surface area contributed by atoms with E-state index in [-0.39, 0.29) is 41.4 Å². The van der Waals surface area contributed by atoms with Crippen LogP contribution in [0.5, 0.6) is 5.75 Å². The van der Waals surface area contributed by atoms with Crippen LogP contribution in [-0.4, -0.2) is 34.4 Å². The van der Waals surface area contributed by atoms with Crippen LogP contribution < -0.4 is 4.90 Å². The average Bonchev–Trinajstić information content (AvgIpc) is 3.00. The first-order valence-corrected chi connectivity index (χ1v) is 10.2. The molecule has 4 aliphatic heterocycles. The third-order valence-electron chi connectivity index (χ3n) is 7.27. The van der Waals surface area contributed by atoms with E-state index in [1.54, 1.807) is 12.1 Å². The van der Waals surface area contributed by atoms with Gasteiger partial charge in [-0.05, 0) is 54.8 Å². The maximum Gasteiger partial charge on any atom is 0.239 e. The zero-order valence-electron chi connectivity index (χ0n) is 15.5. The van der Waals surface area contributed by atoms with E-state index in [2.05, 4.69) is 23.1 Å². The molecule has 2 aromatic rings. The highest BCUT2D eigenvalue weighted by molar-refractivity contribution is 6.23. The van der Waals surface area contributed by atoms with Crippen LogP contribution in [0.25, 0.3) is 0 Å². The number of phenolic OH excluding ortho intramolecular Hbond substituents is 1. The smallest absolute Gasteiger partial charge is 0.239 e. The van der Waals surface area contributed by atoms with E-state index in [1.807, 2.05) is 6.07 Å². The predicted molar refractivity (Wildman–Crippen MR) is 104 cm³/mol. The molecule has 5 atom stereocenters. The lowest BCUT2D eigenvalue weighted by Crippen LogP contribution is -2.59. The van der Waals surface area contributed by atoms with Gasteiger partial charge in [0.15, 0.2) is 0 Å². The van der Waals surface area contributed by atoms with Gasteiger partial charge in [0.2, 0.25) is 11.8 Å². The van der Waals surface area contributed by atoms with E-state index < -0.39 is 0 Å². The van der Waals surface area contributed by atoms with Crippen molar-refractivity contribution in [1.29, 1.82) is 0 Å². The Balaban J connectivity index is 1.51. The maximum absolute atomic E-state index is 13.5. The molecule has 4 heterocycles. The number of aromatic hydroxyl groups is 1. The number of anilines is 1. The van der Waals surface area contributed by atoms with Crippen LogP contribution in [0.3, 0.4) is 0 Å². The summed E-state index contributed by atoms with van der Waals surface area (Å²) in [4.78, 5) is 31.0. The number of phenols is 1. The van der Waals surface area contributed by atoms with E-state index in [0.717, 1.165) is 19.4 Å². The second-order valence-electron chi connectivity index (χ2n) is 8.48. The zero-order valence-corrected chi connectivity index (χ0v) is 15.5. The van der Waals surface area contributed by atoms with Crippen molar-refractivity contribution >= 4 is 17.5 Å². The first-order valence-electron chi connectivity index (χ1n) is 10.2. The largest absolute Gasteiger partial charge is 0.508 e. The number of carbonyl (C=O) groups excluding carboxylic acids is 2. The van der Waals surface area contributed by atoms with Gasteiger partial charge in [0.1, 0.15) is 5.75 Å². The second-order valence-corrected chi connectivity index (χ2v) is 8.48. The second kappa shape index (κ2) is 5.67.